The molecular weight excluding hydrogens is 817 g/mol. The van der Waals surface area contributed by atoms with Crippen molar-refractivity contribution < 1.29 is 28.6 Å². The van der Waals surface area contributed by atoms with Crippen molar-refractivity contribution in [2.24, 2.45) is 0 Å². The Labute approximate surface area is 406 Å². The maximum atomic E-state index is 12.8. The molecule has 0 saturated carbocycles. The summed E-state index contributed by atoms with van der Waals surface area (Å²) in [5, 5.41) is 0. The summed E-state index contributed by atoms with van der Waals surface area (Å²) in [5.41, 5.74) is 0. The third-order valence-electron chi connectivity index (χ3n) is 11.0. The third kappa shape index (κ3) is 51.1. The van der Waals surface area contributed by atoms with E-state index in [9.17, 15) is 14.4 Å². The molecule has 0 fully saturated rings. The third-order valence-corrected chi connectivity index (χ3v) is 11.0. The first kappa shape index (κ1) is 62.1. The first-order valence-corrected chi connectivity index (χ1v) is 26.9. The number of carbonyl (C=O) groups excluding carboxylic acids is 3. The van der Waals surface area contributed by atoms with Crippen LogP contribution in [0.25, 0.3) is 0 Å². The summed E-state index contributed by atoms with van der Waals surface area (Å²) < 4.78 is 16.7. The van der Waals surface area contributed by atoms with E-state index in [0.717, 1.165) is 109 Å². The van der Waals surface area contributed by atoms with Crippen LogP contribution in [-0.4, -0.2) is 37.2 Å². The molecule has 6 heteroatoms. The number of unbranched alkanes of at least 4 members (excludes halogenated alkanes) is 18. The molecule has 1 atom stereocenters. The predicted molar refractivity (Wildman–Crippen MR) is 283 cm³/mol. The lowest BCUT2D eigenvalue weighted by molar-refractivity contribution is -0.166. The summed E-state index contributed by atoms with van der Waals surface area (Å²) in [7, 11) is 0. The second-order valence-electron chi connectivity index (χ2n) is 17.4. The fraction of sp³-hybridized carbons (Fsp3) is 0.650. The second-order valence-corrected chi connectivity index (χ2v) is 17.4. The molecule has 0 radical (unpaired) electrons. The van der Waals surface area contributed by atoms with E-state index in [-0.39, 0.29) is 37.5 Å². The van der Waals surface area contributed by atoms with Crippen LogP contribution in [0.2, 0.25) is 0 Å². The highest BCUT2D eigenvalue weighted by Gasteiger charge is 2.19. The Balaban J connectivity index is 4.51. The van der Waals surface area contributed by atoms with Crippen LogP contribution in [0.4, 0.5) is 0 Å². The highest BCUT2D eigenvalue weighted by atomic mass is 16.6. The lowest BCUT2D eigenvalue weighted by Crippen LogP contribution is -2.30. The van der Waals surface area contributed by atoms with Gasteiger partial charge in [-0.05, 0) is 109 Å². The minimum absolute atomic E-state index is 0.112. The van der Waals surface area contributed by atoms with Crippen LogP contribution in [0.15, 0.2) is 109 Å². The Bertz CT molecular complexity index is 1370. The van der Waals surface area contributed by atoms with Crippen LogP contribution in [-0.2, 0) is 28.6 Å². The zero-order valence-corrected chi connectivity index (χ0v) is 42.7. The molecule has 6 nitrogen and oxygen atoms in total. The maximum Gasteiger partial charge on any atom is 0.306 e. The summed E-state index contributed by atoms with van der Waals surface area (Å²) in [4.78, 5) is 38.0. The summed E-state index contributed by atoms with van der Waals surface area (Å²) in [5.74, 6) is -1.02. The topological polar surface area (TPSA) is 78.9 Å². The van der Waals surface area contributed by atoms with Crippen molar-refractivity contribution in [2.45, 2.75) is 239 Å². The summed E-state index contributed by atoms with van der Waals surface area (Å²) in [6.45, 7) is 6.32. The molecule has 1 unspecified atom stereocenters. The number of rotatable bonds is 47. The number of allylic oxidation sites excluding steroid dienone is 18. The zero-order valence-electron chi connectivity index (χ0n) is 42.7. The van der Waals surface area contributed by atoms with Gasteiger partial charge in [0.1, 0.15) is 13.2 Å². The van der Waals surface area contributed by atoms with Gasteiger partial charge in [0, 0.05) is 19.3 Å². The van der Waals surface area contributed by atoms with Crippen molar-refractivity contribution in [3.63, 3.8) is 0 Å². The van der Waals surface area contributed by atoms with E-state index in [0.29, 0.717) is 19.3 Å². The number of carbonyl (C=O) groups is 3. The van der Waals surface area contributed by atoms with Crippen molar-refractivity contribution in [2.75, 3.05) is 13.2 Å². The Morgan fingerprint density at radius 1 is 0.318 bits per heavy atom. The monoisotopic (exact) mass is 915 g/mol. The molecule has 0 aliphatic rings. The van der Waals surface area contributed by atoms with Crippen LogP contribution < -0.4 is 0 Å². The van der Waals surface area contributed by atoms with Gasteiger partial charge in [0.25, 0.3) is 0 Å². The fourth-order valence-corrected chi connectivity index (χ4v) is 7.03. The van der Waals surface area contributed by atoms with Gasteiger partial charge in [-0.3, -0.25) is 14.4 Å². The highest BCUT2D eigenvalue weighted by Crippen LogP contribution is 2.14. The van der Waals surface area contributed by atoms with Gasteiger partial charge in [0.05, 0.1) is 0 Å². The fourth-order valence-electron chi connectivity index (χ4n) is 7.03. The van der Waals surface area contributed by atoms with Crippen LogP contribution in [0, 0.1) is 0 Å². The van der Waals surface area contributed by atoms with Gasteiger partial charge in [0.15, 0.2) is 6.10 Å². The lowest BCUT2D eigenvalue weighted by atomic mass is 10.1. The molecular formula is C60H98O6. The Morgan fingerprint density at radius 2 is 0.621 bits per heavy atom. The van der Waals surface area contributed by atoms with Crippen molar-refractivity contribution >= 4 is 17.9 Å². The first-order valence-electron chi connectivity index (χ1n) is 26.9. The van der Waals surface area contributed by atoms with E-state index in [1.54, 1.807) is 0 Å². The van der Waals surface area contributed by atoms with Gasteiger partial charge in [-0.15, -0.1) is 0 Å². The summed E-state index contributed by atoms with van der Waals surface area (Å²) >= 11 is 0. The van der Waals surface area contributed by atoms with Gasteiger partial charge in [-0.1, -0.05) is 214 Å². The van der Waals surface area contributed by atoms with E-state index in [1.165, 1.54) is 77.0 Å². The van der Waals surface area contributed by atoms with Crippen molar-refractivity contribution in [1.82, 2.24) is 0 Å². The number of esters is 3. The quantitative estimate of drug-likeness (QED) is 0.0262. The molecule has 0 heterocycles. The van der Waals surface area contributed by atoms with E-state index in [2.05, 4.69) is 124 Å². The number of hydrogen-bond acceptors (Lipinski definition) is 6. The van der Waals surface area contributed by atoms with Crippen molar-refractivity contribution in [1.29, 1.82) is 0 Å². The summed E-state index contributed by atoms with van der Waals surface area (Å²) in [6.07, 6.45) is 72.3. The molecule has 0 aliphatic carbocycles. The Kier molecular flexibility index (Phi) is 50.5. The molecule has 0 aromatic heterocycles. The average molecular weight is 915 g/mol. The van der Waals surface area contributed by atoms with E-state index < -0.39 is 6.10 Å². The second kappa shape index (κ2) is 53.7. The normalized spacial score (nSPS) is 13.0. The molecule has 0 aliphatic heterocycles. The molecule has 0 bridgehead atoms. The smallest absolute Gasteiger partial charge is 0.306 e. The summed E-state index contributed by atoms with van der Waals surface area (Å²) in [6, 6.07) is 0. The lowest BCUT2D eigenvalue weighted by Gasteiger charge is -2.18. The van der Waals surface area contributed by atoms with Gasteiger partial charge < -0.3 is 14.2 Å². The maximum absolute atomic E-state index is 12.8. The van der Waals surface area contributed by atoms with Crippen LogP contribution in [0.5, 0.6) is 0 Å². The van der Waals surface area contributed by atoms with Crippen LogP contribution >= 0.6 is 0 Å². The van der Waals surface area contributed by atoms with Gasteiger partial charge >= 0.3 is 17.9 Å². The van der Waals surface area contributed by atoms with Crippen molar-refractivity contribution in [3.05, 3.63) is 109 Å². The molecule has 0 aromatic rings. The van der Waals surface area contributed by atoms with Gasteiger partial charge in [-0.2, -0.15) is 0 Å². The molecule has 66 heavy (non-hydrogen) atoms. The van der Waals surface area contributed by atoms with Gasteiger partial charge in [0.2, 0.25) is 0 Å². The van der Waals surface area contributed by atoms with Crippen molar-refractivity contribution in [3.8, 4) is 0 Å². The molecule has 0 spiro atoms. The molecule has 0 N–H and O–H groups in total. The molecule has 0 rings (SSSR count). The zero-order chi connectivity index (χ0) is 47.9. The minimum atomic E-state index is -0.818. The molecule has 0 amide bonds. The first-order chi connectivity index (χ1) is 32.5. The largest absolute Gasteiger partial charge is 0.462 e. The van der Waals surface area contributed by atoms with E-state index in [1.807, 2.05) is 6.08 Å². The molecule has 0 saturated heterocycles. The Morgan fingerprint density at radius 3 is 1.03 bits per heavy atom. The van der Waals surface area contributed by atoms with Gasteiger partial charge in [-0.25, -0.2) is 0 Å². The highest BCUT2D eigenvalue weighted by molar-refractivity contribution is 5.71. The number of hydrogen-bond donors (Lipinski definition) is 0. The SMILES string of the molecule is CC/C=C\C/C=C\C/C=C\C/C=C\C/C=C\C/C=C\CCC(=O)OCC(COC(=O)CCCCCCC/C=C\C/C=C\CC)OC(=O)CCCCCCCCC/C=C\CCCCCCCC. The van der Waals surface area contributed by atoms with Crippen LogP contribution in [0.3, 0.4) is 0 Å². The van der Waals surface area contributed by atoms with Crippen LogP contribution in [0.1, 0.15) is 233 Å². The standard InChI is InChI=1S/C60H98O6/c1-4-7-10-13-16-19-22-25-27-29-30-32-33-35-38-41-44-47-50-53-59(62)65-56-57(55-64-58(61)52-49-46-43-40-37-24-21-18-15-12-9-6-3)66-60(63)54-51-48-45-42-39-36-34-31-28-26-23-20-17-14-11-8-5-2/h7,9-10,12,16,18-19,21,25-28,30,32,35,38,44,47,57H,4-6,8,11,13-15,17,20,22-24,29,31,33-34,36-37,39-43,45-46,48-56H2,1-3H3/b10-7-,12-9-,19-16-,21-18-,27-25-,28-26-,32-30-,38-35-,47-44-. The molecule has 0 aromatic carbocycles. The minimum Gasteiger partial charge on any atom is -0.462 e. The predicted octanol–water partition coefficient (Wildman–Crippen LogP) is 17.9. The number of ether oxygens (including phenoxy) is 3. The molecule has 374 valence electrons. The Hall–Kier alpha value is -3.93. The van der Waals surface area contributed by atoms with E-state index >= 15 is 0 Å². The average Bonchev–Trinajstić information content (AvgIpc) is 3.31. The van der Waals surface area contributed by atoms with E-state index in [4.69, 9.17) is 14.2 Å².